The van der Waals surface area contributed by atoms with Gasteiger partial charge in [-0.2, -0.15) is 5.26 Å². The molecule has 25 heavy (non-hydrogen) atoms. The first-order valence-corrected chi connectivity index (χ1v) is 8.06. The van der Waals surface area contributed by atoms with Gasteiger partial charge in [0, 0.05) is 11.5 Å². The molecule has 126 valence electrons. The molecule has 9 heteroatoms. The van der Waals surface area contributed by atoms with Crippen LogP contribution in [0.1, 0.15) is 33.9 Å². The minimum Gasteiger partial charge on any atom is -0.465 e. The number of carbonyl (C=O) groups is 1. The van der Waals surface area contributed by atoms with Gasteiger partial charge in [0.2, 0.25) is 0 Å². The number of rotatable bonds is 4. The molecule has 0 bridgehead atoms. The van der Waals surface area contributed by atoms with Crippen LogP contribution in [-0.4, -0.2) is 28.0 Å². The molecule has 3 heterocycles. The number of furan rings is 1. The molecule has 3 aromatic rings. The Kier molecular flexibility index (Phi) is 4.54. The standard InChI is InChI=1S/C16H13N5O3S/c1-8(25-16-20-9(5-17)3-14(18)21-16)12-4-10-11(15(22)23-2)7-24-13(10)6-19-12/h3-4,6-8H,1-2H3,(H2,18,20,21). The highest BCUT2D eigenvalue weighted by Gasteiger charge is 2.18. The van der Waals surface area contributed by atoms with Crippen molar-refractivity contribution in [1.29, 1.82) is 5.26 Å². The van der Waals surface area contributed by atoms with Gasteiger partial charge in [-0.15, -0.1) is 0 Å². The Balaban J connectivity index is 1.92. The van der Waals surface area contributed by atoms with E-state index >= 15 is 0 Å². The fourth-order valence-electron chi connectivity index (χ4n) is 2.21. The van der Waals surface area contributed by atoms with Crippen LogP contribution in [0.2, 0.25) is 0 Å². The van der Waals surface area contributed by atoms with E-state index in [1.54, 1.807) is 12.3 Å². The van der Waals surface area contributed by atoms with Crippen LogP contribution in [0.25, 0.3) is 11.0 Å². The van der Waals surface area contributed by atoms with Gasteiger partial charge in [-0.05, 0) is 13.0 Å². The van der Waals surface area contributed by atoms with Gasteiger partial charge in [0.05, 0.1) is 24.3 Å². The number of ether oxygens (including phenoxy) is 1. The fraction of sp³-hybridized carbons (Fsp3) is 0.188. The Bertz CT molecular complexity index is 995. The third kappa shape index (κ3) is 3.39. The van der Waals surface area contributed by atoms with Crippen LogP contribution in [0.4, 0.5) is 5.82 Å². The van der Waals surface area contributed by atoms with Crippen molar-refractivity contribution < 1.29 is 13.9 Å². The average Bonchev–Trinajstić information content (AvgIpc) is 3.03. The van der Waals surface area contributed by atoms with E-state index in [4.69, 9.17) is 20.1 Å². The Morgan fingerprint density at radius 2 is 2.24 bits per heavy atom. The lowest BCUT2D eigenvalue weighted by Gasteiger charge is -2.10. The largest absolute Gasteiger partial charge is 0.465 e. The highest BCUT2D eigenvalue weighted by atomic mass is 32.2. The number of methoxy groups -OCH3 is 1. The number of thioether (sulfide) groups is 1. The molecule has 3 aromatic heterocycles. The van der Waals surface area contributed by atoms with E-state index in [1.807, 2.05) is 13.0 Å². The normalized spacial score (nSPS) is 11.9. The zero-order valence-corrected chi connectivity index (χ0v) is 14.2. The van der Waals surface area contributed by atoms with Crippen LogP contribution in [0, 0.1) is 11.3 Å². The Morgan fingerprint density at radius 3 is 2.96 bits per heavy atom. The molecule has 1 atom stereocenters. The van der Waals surface area contributed by atoms with Gasteiger partial charge in [0.15, 0.2) is 10.7 Å². The van der Waals surface area contributed by atoms with Crippen molar-refractivity contribution in [2.75, 3.05) is 12.8 Å². The van der Waals surface area contributed by atoms with E-state index in [0.29, 0.717) is 27.4 Å². The summed E-state index contributed by atoms with van der Waals surface area (Å²) >= 11 is 1.31. The Labute approximate surface area is 147 Å². The highest BCUT2D eigenvalue weighted by Crippen LogP contribution is 2.34. The number of hydrogen-bond acceptors (Lipinski definition) is 9. The summed E-state index contributed by atoms with van der Waals surface area (Å²) in [4.78, 5) is 24.4. The van der Waals surface area contributed by atoms with Gasteiger partial charge < -0.3 is 14.9 Å². The molecule has 0 spiro atoms. The number of nitrogens with zero attached hydrogens (tertiary/aromatic N) is 4. The second-order valence-electron chi connectivity index (χ2n) is 5.08. The van der Waals surface area contributed by atoms with Crippen molar-refractivity contribution in [3.63, 3.8) is 0 Å². The topological polar surface area (TPSA) is 128 Å². The number of aromatic nitrogens is 3. The molecule has 0 amide bonds. The highest BCUT2D eigenvalue weighted by molar-refractivity contribution is 7.99. The second kappa shape index (κ2) is 6.78. The van der Waals surface area contributed by atoms with Crippen LogP contribution < -0.4 is 5.73 Å². The number of hydrogen-bond donors (Lipinski definition) is 1. The maximum atomic E-state index is 11.8. The van der Waals surface area contributed by atoms with E-state index in [1.165, 1.54) is 31.2 Å². The molecule has 0 aromatic carbocycles. The lowest BCUT2D eigenvalue weighted by atomic mass is 10.1. The summed E-state index contributed by atoms with van der Waals surface area (Å²) in [7, 11) is 1.31. The molecule has 0 aliphatic heterocycles. The molecule has 0 radical (unpaired) electrons. The summed E-state index contributed by atoms with van der Waals surface area (Å²) in [5, 5.41) is 9.83. The second-order valence-corrected chi connectivity index (χ2v) is 6.39. The molecular weight excluding hydrogens is 342 g/mol. The average molecular weight is 355 g/mol. The first-order chi connectivity index (χ1) is 12.0. The van der Waals surface area contributed by atoms with E-state index in [-0.39, 0.29) is 16.8 Å². The number of fused-ring (bicyclic) bond motifs is 1. The van der Waals surface area contributed by atoms with Gasteiger partial charge in [0.1, 0.15) is 29.4 Å². The fourth-order valence-corrected chi connectivity index (χ4v) is 3.09. The van der Waals surface area contributed by atoms with E-state index < -0.39 is 5.97 Å². The predicted molar refractivity (Wildman–Crippen MR) is 90.8 cm³/mol. The lowest BCUT2D eigenvalue weighted by Crippen LogP contribution is -2.01. The third-order valence-corrected chi connectivity index (χ3v) is 4.41. The summed E-state index contributed by atoms with van der Waals surface area (Å²) in [6.07, 6.45) is 2.90. The maximum Gasteiger partial charge on any atom is 0.341 e. The van der Waals surface area contributed by atoms with Crippen molar-refractivity contribution in [2.45, 2.75) is 17.3 Å². The van der Waals surface area contributed by atoms with Gasteiger partial charge in [-0.1, -0.05) is 11.8 Å². The monoisotopic (exact) mass is 355 g/mol. The first kappa shape index (κ1) is 16.7. The summed E-state index contributed by atoms with van der Waals surface area (Å²) in [6, 6.07) is 5.12. The minimum atomic E-state index is -0.478. The molecule has 8 nitrogen and oxygen atoms in total. The molecule has 0 aliphatic carbocycles. The predicted octanol–water partition coefficient (Wildman–Crippen LogP) is 2.71. The van der Waals surface area contributed by atoms with Crippen LogP contribution in [0.5, 0.6) is 0 Å². The summed E-state index contributed by atoms with van der Waals surface area (Å²) < 4.78 is 10.1. The number of carbonyl (C=O) groups excluding carboxylic acids is 1. The van der Waals surface area contributed by atoms with Crippen molar-refractivity contribution >= 4 is 34.5 Å². The maximum absolute atomic E-state index is 11.8. The van der Waals surface area contributed by atoms with Gasteiger partial charge >= 0.3 is 5.97 Å². The molecule has 0 saturated heterocycles. The van der Waals surface area contributed by atoms with Crippen molar-refractivity contribution in [2.24, 2.45) is 0 Å². The molecular formula is C16H13N5O3S. The Morgan fingerprint density at radius 1 is 1.44 bits per heavy atom. The molecule has 0 fully saturated rings. The van der Waals surface area contributed by atoms with Gasteiger partial charge in [0.25, 0.3) is 0 Å². The number of nitrogens with two attached hydrogens (primary N) is 1. The number of pyridine rings is 1. The van der Waals surface area contributed by atoms with Gasteiger partial charge in [-0.3, -0.25) is 4.98 Å². The summed E-state index contributed by atoms with van der Waals surface area (Å²) in [6.45, 7) is 1.91. The number of anilines is 1. The number of nitrogen functional groups attached to an aromatic ring is 1. The van der Waals surface area contributed by atoms with Crippen LogP contribution in [0.15, 0.2) is 34.2 Å². The van der Waals surface area contributed by atoms with Crippen LogP contribution in [0.3, 0.4) is 0 Å². The molecule has 3 rings (SSSR count). The zero-order valence-electron chi connectivity index (χ0n) is 13.4. The lowest BCUT2D eigenvalue weighted by molar-refractivity contribution is 0.0602. The third-order valence-electron chi connectivity index (χ3n) is 3.43. The van der Waals surface area contributed by atoms with Crippen molar-refractivity contribution in [1.82, 2.24) is 15.0 Å². The van der Waals surface area contributed by atoms with Crippen molar-refractivity contribution in [3.8, 4) is 6.07 Å². The molecule has 1 unspecified atom stereocenters. The van der Waals surface area contributed by atoms with E-state index in [0.717, 1.165) is 0 Å². The van der Waals surface area contributed by atoms with Crippen LogP contribution >= 0.6 is 11.8 Å². The smallest absolute Gasteiger partial charge is 0.341 e. The quantitative estimate of drug-likeness (QED) is 0.426. The number of nitriles is 1. The minimum absolute atomic E-state index is 0.141. The number of esters is 1. The van der Waals surface area contributed by atoms with Gasteiger partial charge in [-0.25, -0.2) is 14.8 Å². The van der Waals surface area contributed by atoms with E-state index in [9.17, 15) is 4.79 Å². The van der Waals surface area contributed by atoms with Crippen molar-refractivity contribution in [3.05, 3.63) is 41.5 Å². The molecule has 0 aliphatic rings. The van der Waals surface area contributed by atoms with E-state index in [2.05, 4.69) is 15.0 Å². The molecule has 0 saturated carbocycles. The zero-order chi connectivity index (χ0) is 18.0. The first-order valence-electron chi connectivity index (χ1n) is 7.18. The summed E-state index contributed by atoms with van der Waals surface area (Å²) in [5.74, 6) is -0.249. The molecule has 2 N–H and O–H groups in total. The summed E-state index contributed by atoms with van der Waals surface area (Å²) in [5.41, 5.74) is 7.42. The SMILES string of the molecule is COC(=O)c1coc2cnc(C(C)Sc3nc(N)cc(C#N)n3)cc12. The Hall–Kier alpha value is -3.12. The van der Waals surface area contributed by atoms with Crippen LogP contribution in [-0.2, 0) is 4.74 Å².